The maximum absolute atomic E-state index is 14.4. The Morgan fingerprint density at radius 3 is 0.863 bits per heavy atom. The van der Waals surface area contributed by atoms with E-state index in [2.05, 4.69) is 10.6 Å². The molecule has 0 aliphatic heterocycles. The Morgan fingerprint density at radius 1 is 0.451 bits per heavy atom. The minimum atomic E-state index is -1.55. The molecule has 2 atom stereocenters. The van der Waals surface area contributed by atoms with Crippen molar-refractivity contribution in [2.24, 2.45) is 16.2 Å². The van der Waals surface area contributed by atoms with Crippen LogP contribution in [-0.4, -0.2) is 45.3 Å². The Hall–Kier alpha value is -4.26. The number of amides is 2. The van der Waals surface area contributed by atoms with Gasteiger partial charge in [-0.1, -0.05) is 163 Å². The van der Waals surface area contributed by atoms with Gasteiger partial charge in [0.15, 0.2) is 0 Å². The summed E-state index contributed by atoms with van der Waals surface area (Å²) in [5, 5.41) is 31.7. The number of carbonyl (C=O) groups is 2. The Kier molecular flexibility index (Phi) is 12.4. The lowest BCUT2D eigenvalue weighted by atomic mass is 9.70. The lowest BCUT2D eigenvalue weighted by Gasteiger charge is -2.46. The zero-order valence-electron chi connectivity index (χ0n) is 31.7. The molecule has 272 valence electrons. The van der Waals surface area contributed by atoms with E-state index in [0.717, 1.165) is 22.3 Å². The summed E-state index contributed by atoms with van der Waals surface area (Å²) in [5.41, 5.74) is -1.71. The van der Waals surface area contributed by atoms with Gasteiger partial charge in [-0.2, -0.15) is 0 Å². The molecule has 4 N–H and O–H groups in total. The van der Waals surface area contributed by atoms with Crippen molar-refractivity contribution in [2.75, 3.05) is 0 Å². The van der Waals surface area contributed by atoms with Gasteiger partial charge in [-0.25, -0.2) is 0 Å². The van der Waals surface area contributed by atoms with Crippen LogP contribution in [0.3, 0.4) is 0 Å². The molecule has 0 radical (unpaired) electrons. The van der Waals surface area contributed by atoms with Crippen LogP contribution >= 0.6 is 0 Å². The number of aliphatic hydroxyl groups is 2. The van der Waals surface area contributed by atoms with Crippen LogP contribution in [0.25, 0.3) is 0 Å². The van der Waals surface area contributed by atoms with Gasteiger partial charge in [0.2, 0.25) is 11.8 Å². The fourth-order valence-electron chi connectivity index (χ4n) is 7.37. The van der Waals surface area contributed by atoms with Crippen LogP contribution in [-0.2, 0) is 35.3 Å². The Labute approximate surface area is 305 Å². The molecule has 0 saturated heterocycles. The highest BCUT2D eigenvalue weighted by Crippen LogP contribution is 2.37. The van der Waals surface area contributed by atoms with Crippen LogP contribution in [0.4, 0.5) is 0 Å². The fraction of sp³-hybridized carbons (Fsp3) is 0.422. The van der Waals surface area contributed by atoms with E-state index < -0.39 is 51.3 Å². The molecule has 0 spiro atoms. The second-order valence-electron chi connectivity index (χ2n) is 17.0. The minimum Gasteiger partial charge on any atom is -0.387 e. The molecule has 0 heterocycles. The molecule has 0 fully saturated rings. The van der Waals surface area contributed by atoms with Crippen LogP contribution in [0.5, 0.6) is 0 Å². The van der Waals surface area contributed by atoms with E-state index in [1.54, 1.807) is 13.8 Å². The van der Waals surface area contributed by atoms with Gasteiger partial charge in [-0.15, -0.1) is 0 Å². The summed E-state index contributed by atoms with van der Waals surface area (Å²) in [4.78, 5) is 28.9. The molecule has 4 rings (SSSR count). The zero-order chi connectivity index (χ0) is 37.5. The molecule has 4 aromatic rings. The smallest absolute Gasteiger partial charge is 0.235 e. The SMILES string of the molecule is CC(C)(C(=O)NC(C(C)(C)C)C(O)(Cc1ccccc1)Cc1ccccc1)C(=O)NC(C(C)(C)C)C(O)(Cc1ccccc1)Cc1ccccc1. The summed E-state index contributed by atoms with van der Waals surface area (Å²) < 4.78 is 0. The normalized spacial score (nSPS) is 14.0. The van der Waals surface area contributed by atoms with Gasteiger partial charge in [-0.05, 0) is 46.9 Å². The molecule has 0 aromatic heterocycles. The largest absolute Gasteiger partial charge is 0.387 e. The van der Waals surface area contributed by atoms with E-state index in [1.165, 1.54) is 0 Å². The molecular weight excluding hydrogens is 633 g/mol. The highest BCUT2D eigenvalue weighted by Gasteiger charge is 2.50. The molecule has 4 aromatic carbocycles. The average molecular weight is 691 g/mol. The number of rotatable bonds is 14. The summed E-state index contributed by atoms with van der Waals surface area (Å²) in [7, 11) is 0. The standard InChI is InChI=1S/C45H58N2O4/c1-41(2,3)37(44(50,29-33-21-13-9-14-22-33)30-34-23-15-10-16-24-34)46-39(48)43(7,8)40(49)47-38(42(4,5)6)45(51,31-35-25-17-11-18-26-35)32-36-27-19-12-20-28-36/h9-28,37-38,50-51H,29-32H2,1-8H3,(H,46,48)(H,47,49). The third kappa shape index (κ3) is 10.4. The Balaban J connectivity index is 1.67. The second kappa shape index (κ2) is 16.0. The second-order valence-corrected chi connectivity index (χ2v) is 17.0. The maximum Gasteiger partial charge on any atom is 0.235 e. The van der Waals surface area contributed by atoms with Crippen LogP contribution < -0.4 is 10.6 Å². The van der Waals surface area contributed by atoms with E-state index in [0.29, 0.717) is 25.7 Å². The van der Waals surface area contributed by atoms with Gasteiger partial charge >= 0.3 is 0 Å². The van der Waals surface area contributed by atoms with Crippen molar-refractivity contribution in [3.8, 4) is 0 Å². The van der Waals surface area contributed by atoms with E-state index >= 15 is 0 Å². The molecule has 0 saturated carbocycles. The van der Waals surface area contributed by atoms with Crippen LogP contribution in [0.1, 0.15) is 77.6 Å². The molecule has 0 bridgehead atoms. The Morgan fingerprint density at radius 2 is 0.667 bits per heavy atom. The summed E-state index contributed by atoms with van der Waals surface area (Å²) in [6, 6.07) is 37.7. The number of hydrogen-bond donors (Lipinski definition) is 4. The van der Waals surface area contributed by atoms with E-state index in [1.807, 2.05) is 163 Å². The monoisotopic (exact) mass is 690 g/mol. The van der Waals surface area contributed by atoms with Crippen molar-refractivity contribution >= 4 is 11.8 Å². The summed E-state index contributed by atoms with van der Waals surface area (Å²) in [6.07, 6.45) is 1.21. The quantitative estimate of drug-likeness (QED) is 0.103. The predicted molar refractivity (Wildman–Crippen MR) is 207 cm³/mol. The zero-order valence-corrected chi connectivity index (χ0v) is 31.7. The van der Waals surface area contributed by atoms with Crippen LogP contribution in [0.15, 0.2) is 121 Å². The third-order valence-electron chi connectivity index (χ3n) is 9.91. The van der Waals surface area contributed by atoms with Gasteiger partial charge < -0.3 is 20.8 Å². The first kappa shape index (κ1) is 39.5. The van der Waals surface area contributed by atoms with Crippen molar-refractivity contribution in [2.45, 2.75) is 104 Å². The summed E-state index contributed by atoms with van der Waals surface area (Å²) in [5.74, 6) is -0.997. The molecule has 0 aliphatic rings. The first-order valence-electron chi connectivity index (χ1n) is 18.1. The molecule has 2 unspecified atom stereocenters. The van der Waals surface area contributed by atoms with E-state index in [4.69, 9.17) is 0 Å². The van der Waals surface area contributed by atoms with E-state index in [9.17, 15) is 19.8 Å². The lowest BCUT2D eigenvalue weighted by molar-refractivity contribution is -0.147. The van der Waals surface area contributed by atoms with Gasteiger partial charge in [-0.3, -0.25) is 9.59 Å². The number of nitrogens with one attached hydrogen (secondary N) is 2. The lowest BCUT2D eigenvalue weighted by Crippen LogP contribution is -2.66. The number of benzene rings is 4. The maximum atomic E-state index is 14.4. The summed E-state index contributed by atoms with van der Waals surface area (Å²) in [6.45, 7) is 15.2. The highest BCUT2D eigenvalue weighted by atomic mass is 16.3. The van der Waals surface area contributed by atoms with Crippen molar-refractivity contribution in [3.63, 3.8) is 0 Å². The molecule has 2 amide bonds. The topological polar surface area (TPSA) is 98.7 Å². The van der Waals surface area contributed by atoms with Gasteiger partial charge in [0.05, 0.1) is 23.3 Å². The van der Waals surface area contributed by atoms with Crippen LogP contribution in [0, 0.1) is 16.2 Å². The predicted octanol–water partition coefficient (Wildman–Crippen LogP) is 7.51. The van der Waals surface area contributed by atoms with Crippen molar-refractivity contribution < 1.29 is 19.8 Å². The van der Waals surface area contributed by atoms with Crippen molar-refractivity contribution in [1.82, 2.24) is 10.6 Å². The van der Waals surface area contributed by atoms with Gasteiger partial charge in [0.25, 0.3) is 0 Å². The Bertz CT molecular complexity index is 1480. The van der Waals surface area contributed by atoms with Crippen molar-refractivity contribution in [1.29, 1.82) is 0 Å². The van der Waals surface area contributed by atoms with E-state index in [-0.39, 0.29) is 0 Å². The minimum absolute atomic E-state index is 0.301. The van der Waals surface area contributed by atoms with Crippen LogP contribution in [0.2, 0.25) is 0 Å². The number of hydrogen-bond acceptors (Lipinski definition) is 4. The third-order valence-corrected chi connectivity index (χ3v) is 9.91. The highest BCUT2D eigenvalue weighted by molar-refractivity contribution is 6.04. The van der Waals surface area contributed by atoms with Gasteiger partial charge in [0, 0.05) is 25.7 Å². The first-order chi connectivity index (χ1) is 23.8. The molecule has 6 nitrogen and oxygen atoms in total. The first-order valence-corrected chi connectivity index (χ1v) is 18.1. The molecule has 0 aliphatic carbocycles. The molecule has 51 heavy (non-hydrogen) atoms. The summed E-state index contributed by atoms with van der Waals surface area (Å²) >= 11 is 0. The number of carbonyl (C=O) groups excluding carboxylic acids is 2. The molecular formula is C45H58N2O4. The average Bonchev–Trinajstić information content (AvgIpc) is 3.06. The van der Waals surface area contributed by atoms with Crippen molar-refractivity contribution in [3.05, 3.63) is 144 Å². The van der Waals surface area contributed by atoms with Gasteiger partial charge in [0.1, 0.15) is 5.41 Å². The molecule has 6 heteroatoms. The fourth-order valence-corrected chi connectivity index (χ4v) is 7.37.